The van der Waals surface area contributed by atoms with Crippen LogP contribution in [0.3, 0.4) is 0 Å². The molecule has 1 N–H and O–H groups in total. The number of halogens is 1. The molecule has 3 heteroatoms. The summed E-state index contributed by atoms with van der Waals surface area (Å²) in [5, 5.41) is 3.41. The van der Waals surface area contributed by atoms with Gasteiger partial charge in [-0.1, -0.05) is 12.5 Å². The molecule has 0 amide bonds. The third-order valence-electron chi connectivity index (χ3n) is 4.19. The van der Waals surface area contributed by atoms with E-state index in [2.05, 4.69) is 39.4 Å². The maximum Gasteiger partial charge on any atom is 0.133 e. The van der Waals surface area contributed by atoms with Gasteiger partial charge in [0.15, 0.2) is 0 Å². The first kappa shape index (κ1) is 12.5. The Kier molecular flexibility index (Phi) is 3.90. The van der Waals surface area contributed by atoms with Gasteiger partial charge < -0.3 is 10.1 Å². The molecule has 1 heterocycles. The molecule has 2 nitrogen and oxygen atoms in total. The largest absolute Gasteiger partial charge is 0.492 e. The van der Waals surface area contributed by atoms with Crippen molar-refractivity contribution in [1.29, 1.82) is 0 Å². The van der Waals surface area contributed by atoms with E-state index in [-0.39, 0.29) is 0 Å². The summed E-state index contributed by atoms with van der Waals surface area (Å²) < 4.78 is 7.00. The van der Waals surface area contributed by atoms with Gasteiger partial charge in [-0.15, -0.1) is 0 Å². The Bertz CT molecular complexity index is 411. The minimum absolute atomic E-state index is 0.669. The summed E-state index contributed by atoms with van der Waals surface area (Å²) in [5.74, 6) is 2.45. The molecule has 1 aromatic rings. The molecule has 1 aliphatic carbocycles. The Morgan fingerprint density at radius 1 is 1.28 bits per heavy atom. The van der Waals surface area contributed by atoms with Crippen molar-refractivity contribution in [2.45, 2.75) is 31.6 Å². The summed E-state index contributed by atoms with van der Waals surface area (Å²) in [7, 11) is 0. The monoisotopic (exact) mass is 309 g/mol. The van der Waals surface area contributed by atoms with Gasteiger partial charge in [0.05, 0.1) is 11.1 Å². The topological polar surface area (TPSA) is 21.3 Å². The van der Waals surface area contributed by atoms with Crippen molar-refractivity contribution in [1.82, 2.24) is 5.32 Å². The molecule has 1 saturated carbocycles. The van der Waals surface area contributed by atoms with Gasteiger partial charge in [0.2, 0.25) is 0 Å². The number of hydrogen-bond donors (Lipinski definition) is 1. The molecule has 1 aliphatic heterocycles. The van der Waals surface area contributed by atoms with Gasteiger partial charge in [0.1, 0.15) is 5.75 Å². The molecule has 1 unspecified atom stereocenters. The van der Waals surface area contributed by atoms with Crippen LogP contribution in [0.25, 0.3) is 0 Å². The second-order valence-corrected chi connectivity index (χ2v) is 6.34. The van der Waals surface area contributed by atoms with Crippen molar-refractivity contribution in [3.05, 3.63) is 28.2 Å². The lowest BCUT2D eigenvalue weighted by atomic mass is 9.86. The zero-order chi connectivity index (χ0) is 12.4. The summed E-state index contributed by atoms with van der Waals surface area (Å²) in [4.78, 5) is 0. The molecule has 98 valence electrons. The molecule has 2 aliphatic rings. The van der Waals surface area contributed by atoms with E-state index < -0.39 is 0 Å². The van der Waals surface area contributed by atoms with Crippen molar-refractivity contribution in [3.8, 4) is 5.75 Å². The Hall–Kier alpha value is -0.540. The van der Waals surface area contributed by atoms with Gasteiger partial charge in [-0.3, -0.25) is 0 Å². The highest BCUT2D eigenvalue weighted by Gasteiger charge is 2.20. The molecule has 1 saturated heterocycles. The lowest BCUT2D eigenvalue weighted by Gasteiger charge is -2.25. The van der Waals surface area contributed by atoms with Gasteiger partial charge in [-0.05, 0) is 71.3 Å². The van der Waals surface area contributed by atoms with E-state index in [9.17, 15) is 0 Å². The molecule has 2 fully saturated rings. The molecule has 0 spiro atoms. The van der Waals surface area contributed by atoms with E-state index in [4.69, 9.17) is 4.74 Å². The van der Waals surface area contributed by atoms with Crippen LogP contribution >= 0.6 is 15.9 Å². The molecular weight excluding hydrogens is 290 g/mol. The average molecular weight is 310 g/mol. The van der Waals surface area contributed by atoms with Crippen LogP contribution in [0.5, 0.6) is 5.75 Å². The Labute approximate surface area is 117 Å². The van der Waals surface area contributed by atoms with E-state index in [1.54, 1.807) is 0 Å². The van der Waals surface area contributed by atoms with Gasteiger partial charge in [0.25, 0.3) is 0 Å². The Morgan fingerprint density at radius 2 is 2.17 bits per heavy atom. The SMILES string of the molecule is Brc1cc(C2CCNC2)ccc1OCC1CCC1. The minimum atomic E-state index is 0.669. The second kappa shape index (κ2) is 5.62. The molecule has 1 aromatic carbocycles. The lowest BCUT2D eigenvalue weighted by molar-refractivity contribution is 0.180. The quantitative estimate of drug-likeness (QED) is 0.915. The Balaban J connectivity index is 1.64. The molecule has 0 radical (unpaired) electrons. The summed E-state index contributed by atoms with van der Waals surface area (Å²) in [6.07, 6.45) is 5.30. The first-order chi connectivity index (χ1) is 8.83. The average Bonchev–Trinajstić information content (AvgIpc) is 2.82. The highest BCUT2D eigenvalue weighted by Crippen LogP contribution is 2.33. The standard InChI is InChI=1S/C15H20BrNO/c16-14-8-12(13-6-7-17-9-13)4-5-15(14)18-10-11-2-1-3-11/h4-5,8,11,13,17H,1-3,6-7,9-10H2. The van der Waals surface area contributed by atoms with Crippen LogP contribution in [0.2, 0.25) is 0 Å². The molecule has 1 atom stereocenters. The number of hydrogen-bond acceptors (Lipinski definition) is 2. The fourth-order valence-electron chi connectivity index (χ4n) is 2.69. The predicted molar refractivity (Wildman–Crippen MR) is 77.2 cm³/mol. The molecule has 0 bridgehead atoms. The van der Waals surface area contributed by atoms with Crippen molar-refractivity contribution in [2.75, 3.05) is 19.7 Å². The smallest absolute Gasteiger partial charge is 0.133 e. The van der Waals surface area contributed by atoms with Crippen molar-refractivity contribution >= 4 is 15.9 Å². The number of nitrogens with one attached hydrogen (secondary N) is 1. The second-order valence-electron chi connectivity index (χ2n) is 5.49. The normalized spacial score (nSPS) is 23.9. The third kappa shape index (κ3) is 2.72. The van der Waals surface area contributed by atoms with Gasteiger partial charge in [-0.25, -0.2) is 0 Å². The zero-order valence-electron chi connectivity index (χ0n) is 10.6. The fraction of sp³-hybridized carbons (Fsp3) is 0.600. The van der Waals surface area contributed by atoms with Crippen LogP contribution in [0.4, 0.5) is 0 Å². The van der Waals surface area contributed by atoms with Crippen LogP contribution in [0.15, 0.2) is 22.7 Å². The third-order valence-corrected chi connectivity index (χ3v) is 4.81. The fourth-order valence-corrected chi connectivity index (χ4v) is 3.21. The van der Waals surface area contributed by atoms with E-state index >= 15 is 0 Å². The first-order valence-electron chi connectivity index (χ1n) is 6.96. The van der Waals surface area contributed by atoms with Crippen molar-refractivity contribution in [2.24, 2.45) is 5.92 Å². The highest BCUT2D eigenvalue weighted by molar-refractivity contribution is 9.10. The number of rotatable bonds is 4. The Morgan fingerprint density at radius 3 is 2.78 bits per heavy atom. The zero-order valence-corrected chi connectivity index (χ0v) is 12.2. The summed E-state index contributed by atoms with van der Waals surface area (Å²) in [6.45, 7) is 3.12. The minimum Gasteiger partial charge on any atom is -0.492 e. The maximum atomic E-state index is 5.90. The van der Waals surface area contributed by atoms with Gasteiger partial charge in [0, 0.05) is 6.54 Å². The molecular formula is C15H20BrNO. The van der Waals surface area contributed by atoms with Gasteiger partial charge in [-0.2, -0.15) is 0 Å². The van der Waals surface area contributed by atoms with Crippen molar-refractivity contribution < 1.29 is 4.74 Å². The molecule has 0 aromatic heterocycles. The van der Waals surface area contributed by atoms with Crippen molar-refractivity contribution in [3.63, 3.8) is 0 Å². The van der Waals surface area contributed by atoms with E-state index in [0.29, 0.717) is 5.92 Å². The van der Waals surface area contributed by atoms with E-state index in [1.807, 2.05) is 0 Å². The van der Waals surface area contributed by atoms with Crippen LogP contribution in [0, 0.1) is 5.92 Å². The number of benzene rings is 1. The van der Waals surface area contributed by atoms with Crippen LogP contribution < -0.4 is 10.1 Å². The summed E-state index contributed by atoms with van der Waals surface area (Å²) >= 11 is 3.64. The predicted octanol–water partition coefficient (Wildman–Crippen LogP) is 3.70. The van der Waals surface area contributed by atoms with Crippen LogP contribution in [-0.4, -0.2) is 19.7 Å². The van der Waals surface area contributed by atoms with Gasteiger partial charge >= 0.3 is 0 Å². The first-order valence-corrected chi connectivity index (χ1v) is 7.75. The molecule has 3 rings (SSSR count). The maximum absolute atomic E-state index is 5.90. The van der Waals surface area contributed by atoms with Crippen LogP contribution in [-0.2, 0) is 0 Å². The lowest BCUT2D eigenvalue weighted by Crippen LogP contribution is -2.19. The van der Waals surface area contributed by atoms with E-state index in [0.717, 1.165) is 35.8 Å². The molecule has 18 heavy (non-hydrogen) atoms. The van der Waals surface area contributed by atoms with E-state index in [1.165, 1.54) is 31.2 Å². The summed E-state index contributed by atoms with van der Waals surface area (Å²) in [6, 6.07) is 6.57. The summed E-state index contributed by atoms with van der Waals surface area (Å²) in [5.41, 5.74) is 1.42. The highest BCUT2D eigenvalue weighted by atomic mass is 79.9. The van der Waals surface area contributed by atoms with Crippen LogP contribution in [0.1, 0.15) is 37.2 Å². The number of ether oxygens (including phenoxy) is 1.